The van der Waals surface area contributed by atoms with Crippen molar-refractivity contribution >= 4 is 11.8 Å². The molecular weight excluding hydrogens is 168 g/mol. The van der Waals surface area contributed by atoms with Crippen LogP contribution in [0.3, 0.4) is 0 Å². The molecule has 0 radical (unpaired) electrons. The maximum absolute atomic E-state index is 11.5. The largest absolute Gasteiger partial charge is 0.342 e. The van der Waals surface area contributed by atoms with Crippen molar-refractivity contribution in [3.05, 3.63) is 0 Å². The summed E-state index contributed by atoms with van der Waals surface area (Å²) < 4.78 is 0. The number of hydrogen-bond donors (Lipinski definition) is 0. The van der Waals surface area contributed by atoms with Crippen molar-refractivity contribution in [2.45, 2.75) is 13.8 Å². The zero-order valence-electron chi connectivity index (χ0n) is 8.41. The van der Waals surface area contributed by atoms with Gasteiger partial charge in [-0.2, -0.15) is 0 Å². The number of carbonyl (C=O) groups excluding carboxylic acids is 2. The smallest absolute Gasteiger partial charge is 0.241 e. The van der Waals surface area contributed by atoms with Gasteiger partial charge in [-0.3, -0.25) is 9.59 Å². The Bertz CT molecular complexity index is 226. The average molecular weight is 184 g/mol. The number of rotatable bonds is 1. The van der Waals surface area contributed by atoms with Crippen LogP contribution in [0.5, 0.6) is 0 Å². The number of amides is 2. The molecule has 0 bridgehead atoms. The molecule has 1 heterocycles. The first-order valence-electron chi connectivity index (χ1n) is 4.55. The molecule has 0 aromatic carbocycles. The van der Waals surface area contributed by atoms with E-state index in [0.29, 0.717) is 13.1 Å². The van der Waals surface area contributed by atoms with Crippen LogP contribution in [-0.4, -0.2) is 48.3 Å². The second-order valence-corrected chi connectivity index (χ2v) is 3.73. The van der Waals surface area contributed by atoms with Crippen molar-refractivity contribution in [1.29, 1.82) is 0 Å². The molecule has 1 saturated heterocycles. The minimum absolute atomic E-state index is 0.0174. The van der Waals surface area contributed by atoms with Crippen LogP contribution in [0, 0.1) is 5.92 Å². The minimum atomic E-state index is -0.0174. The molecule has 0 unspecified atom stereocenters. The van der Waals surface area contributed by atoms with Gasteiger partial charge in [-0.1, -0.05) is 13.8 Å². The Labute approximate surface area is 78.5 Å². The second-order valence-electron chi connectivity index (χ2n) is 3.73. The average Bonchev–Trinajstić information content (AvgIpc) is 2.08. The fourth-order valence-corrected chi connectivity index (χ4v) is 1.31. The van der Waals surface area contributed by atoms with Crippen molar-refractivity contribution in [3.63, 3.8) is 0 Å². The Morgan fingerprint density at radius 2 is 2.00 bits per heavy atom. The lowest BCUT2D eigenvalue weighted by Crippen LogP contribution is -2.51. The van der Waals surface area contributed by atoms with Gasteiger partial charge in [-0.05, 0) is 0 Å². The number of carbonyl (C=O) groups is 2. The quantitative estimate of drug-likeness (QED) is 0.573. The van der Waals surface area contributed by atoms with Gasteiger partial charge in [0, 0.05) is 26.1 Å². The van der Waals surface area contributed by atoms with Gasteiger partial charge in [0.1, 0.15) is 0 Å². The van der Waals surface area contributed by atoms with E-state index in [4.69, 9.17) is 0 Å². The first kappa shape index (κ1) is 10.0. The van der Waals surface area contributed by atoms with E-state index < -0.39 is 0 Å². The second kappa shape index (κ2) is 3.77. The summed E-state index contributed by atoms with van der Waals surface area (Å²) in [4.78, 5) is 26.1. The molecular formula is C9H16N2O2. The van der Waals surface area contributed by atoms with Crippen LogP contribution in [0.15, 0.2) is 0 Å². The third-order valence-corrected chi connectivity index (χ3v) is 2.26. The van der Waals surface area contributed by atoms with Gasteiger partial charge in [-0.15, -0.1) is 0 Å². The summed E-state index contributed by atoms with van der Waals surface area (Å²) in [7, 11) is 1.76. The van der Waals surface area contributed by atoms with Crippen molar-refractivity contribution in [2.24, 2.45) is 5.92 Å². The third kappa shape index (κ3) is 2.20. The van der Waals surface area contributed by atoms with E-state index in [1.54, 1.807) is 16.8 Å². The number of likely N-dealkylation sites (N-methyl/N-ethyl adjacent to an activating group) is 1. The molecule has 0 aromatic heterocycles. The van der Waals surface area contributed by atoms with Crippen LogP contribution >= 0.6 is 0 Å². The van der Waals surface area contributed by atoms with Crippen LogP contribution in [0.4, 0.5) is 0 Å². The molecule has 74 valence electrons. The SMILES string of the molecule is CC(C)C(=O)N1CCN(C)C(=O)C1. The summed E-state index contributed by atoms with van der Waals surface area (Å²) in [5.74, 6) is 0.0814. The normalized spacial score (nSPS) is 18.3. The highest BCUT2D eigenvalue weighted by atomic mass is 16.2. The van der Waals surface area contributed by atoms with Crippen LogP contribution < -0.4 is 0 Å². The fraction of sp³-hybridized carbons (Fsp3) is 0.778. The van der Waals surface area contributed by atoms with E-state index in [1.807, 2.05) is 13.8 Å². The molecule has 4 nitrogen and oxygen atoms in total. The van der Waals surface area contributed by atoms with Crippen LogP contribution in [0.1, 0.15) is 13.8 Å². The molecule has 1 rings (SSSR count). The molecule has 1 aliphatic rings. The van der Waals surface area contributed by atoms with Crippen molar-refractivity contribution in [3.8, 4) is 0 Å². The molecule has 0 aliphatic carbocycles. The molecule has 0 aromatic rings. The van der Waals surface area contributed by atoms with Gasteiger partial charge in [0.15, 0.2) is 0 Å². The Hall–Kier alpha value is -1.06. The van der Waals surface area contributed by atoms with Gasteiger partial charge in [0.25, 0.3) is 0 Å². The predicted octanol–water partition coefficient (Wildman–Crippen LogP) is -0.0570. The topological polar surface area (TPSA) is 40.6 Å². The van der Waals surface area contributed by atoms with Crippen molar-refractivity contribution < 1.29 is 9.59 Å². The van der Waals surface area contributed by atoms with E-state index in [0.717, 1.165) is 0 Å². The zero-order chi connectivity index (χ0) is 10.0. The molecule has 0 atom stereocenters. The highest BCUT2D eigenvalue weighted by molar-refractivity contribution is 5.86. The monoisotopic (exact) mass is 184 g/mol. The predicted molar refractivity (Wildman–Crippen MR) is 49.1 cm³/mol. The van der Waals surface area contributed by atoms with E-state index in [9.17, 15) is 9.59 Å². The Morgan fingerprint density at radius 1 is 1.38 bits per heavy atom. The number of piperazine rings is 1. The van der Waals surface area contributed by atoms with Gasteiger partial charge < -0.3 is 9.80 Å². The summed E-state index contributed by atoms with van der Waals surface area (Å²) in [6, 6.07) is 0. The summed E-state index contributed by atoms with van der Waals surface area (Å²) in [5.41, 5.74) is 0. The summed E-state index contributed by atoms with van der Waals surface area (Å²) >= 11 is 0. The lowest BCUT2D eigenvalue weighted by Gasteiger charge is -2.32. The lowest BCUT2D eigenvalue weighted by molar-refractivity contribution is -0.145. The van der Waals surface area contributed by atoms with Gasteiger partial charge >= 0.3 is 0 Å². The molecule has 0 saturated carbocycles. The summed E-state index contributed by atoms with van der Waals surface area (Å²) in [6.45, 7) is 5.26. The Balaban J connectivity index is 2.55. The maximum atomic E-state index is 11.5. The first-order chi connectivity index (χ1) is 6.02. The third-order valence-electron chi connectivity index (χ3n) is 2.26. The molecule has 1 fully saturated rings. The van der Waals surface area contributed by atoms with Crippen molar-refractivity contribution in [1.82, 2.24) is 9.80 Å². The molecule has 1 aliphatic heterocycles. The molecule has 13 heavy (non-hydrogen) atoms. The summed E-state index contributed by atoms with van der Waals surface area (Å²) in [5, 5.41) is 0. The van der Waals surface area contributed by atoms with Crippen molar-refractivity contribution in [2.75, 3.05) is 26.7 Å². The maximum Gasteiger partial charge on any atom is 0.241 e. The molecule has 2 amide bonds. The molecule has 0 spiro atoms. The van der Waals surface area contributed by atoms with E-state index in [-0.39, 0.29) is 24.3 Å². The number of hydrogen-bond acceptors (Lipinski definition) is 2. The zero-order valence-corrected chi connectivity index (χ0v) is 8.41. The van der Waals surface area contributed by atoms with E-state index >= 15 is 0 Å². The minimum Gasteiger partial charge on any atom is -0.342 e. The highest BCUT2D eigenvalue weighted by Crippen LogP contribution is 2.06. The summed E-state index contributed by atoms with van der Waals surface area (Å²) in [6.07, 6.45) is 0. The molecule has 4 heteroatoms. The number of nitrogens with zero attached hydrogens (tertiary/aromatic N) is 2. The molecule has 0 N–H and O–H groups in total. The fourth-order valence-electron chi connectivity index (χ4n) is 1.31. The van der Waals surface area contributed by atoms with E-state index in [2.05, 4.69) is 0 Å². The van der Waals surface area contributed by atoms with Gasteiger partial charge in [0.05, 0.1) is 6.54 Å². The van der Waals surface area contributed by atoms with Crippen LogP contribution in [0.25, 0.3) is 0 Å². The highest BCUT2D eigenvalue weighted by Gasteiger charge is 2.25. The Morgan fingerprint density at radius 3 is 2.46 bits per heavy atom. The standard InChI is InChI=1S/C9H16N2O2/c1-7(2)9(13)11-5-4-10(3)8(12)6-11/h7H,4-6H2,1-3H3. The lowest BCUT2D eigenvalue weighted by atomic mass is 10.1. The van der Waals surface area contributed by atoms with Gasteiger partial charge in [-0.25, -0.2) is 0 Å². The van der Waals surface area contributed by atoms with Crippen LogP contribution in [-0.2, 0) is 9.59 Å². The van der Waals surface area contributed by atoms with Crippen LogP contribution in [0.2, 0.25) is 0 Å². The first-order valence-corrected chi connectivity index (χ1v) is 4.55. The Kier molecular flexibility index (Phi) is 2.90. The van der Waals surface area contributed by atoms with E-state index in [1.165, 1.54) is 0 Å². The van der Waals surface area contributed by atoms with Gasteiger partial charge in [0.2, 0.25) is 11.8 Å².